The molecule has 0 aromatic heterocycles. The average molecular weight is 361 g/mol. The molecule has 0 aliphatic rings. The SMILES string of the molecule is CCc1ccc(OCC(=O)NC(CC(=O)[O-])c2ccc(Cl)cc2)cc1. The first-order valence-electron chi connectivity index (χ1n) is 7.94. The van der Waals surface area contributed by atoms with Crippen molar-refractivity contribution in [2.75, 3.05) is 6.61 Å². The molecule has 1 atom stereocenters. The van der Waals surface area contributed by atoms with Gasteiger partial charge in [0.15, 0.2) is 6.61 Å². The van der Waals surface area contributed by atoms with Gasteiger partial charge in [0, 0.05) is 17.4 Å². The smallest absolute Gasteiger partial charge is 0.258 e. The van der Waals surface area contributed by atoms with Gasteiger partial charge in [-0.05, 0) is 41.8 Å². The van der Waals surface area contributed by atoms with Gasteiger partial charge in [-0.1, -0.05) is 42.8 Å². The molecule has 0 saturated carbocycles. The Morgan fingerprint density at radius 3 is 2.32 bits per heavy atom. The largest absolute Gasteiger partial charge is 0.550 e. The van der Waals surface area contributed by atoms with Crippen LogP contribution in [0.1, 0.15) is 30.5 Å². The second kappa shape index (κ2) is 9.08. The number of ether oxygens (including phenoxy) is 1. The molecule has 0 aliphatic heterocycles. The van der Waals surface area contributed by atoms with Crippen molar-refractivity contribution in [3.63, 3.8) is 0 Å². The fraction of sp³-hybridized carbons (Fsp3) is 0.263. The summed E-state index contributed by atoms with van der Waals surface area (Å²) in [4.78, 5) is 23.0. The summed E-state index contributed by atoms with van der Waals surface area (Å²) in [5.74, 6) is -1.09. The number of carboxylic acid groups (broad SMARTS) is 1. The molecule has 132 valence electrons. The Morgan fingerprint density at radius 1 is 1.12 bits per heavy atom. The molecular formula is C19H19ClNO4-. The molecule has 6 heteroatoms. The van der Waals surface area contributed by atoms with E-state index in [1.54, 1.807) is 36.4 Å². The summed E-state index contributed by atoms with van der Waals surface area (Å²) in [6.07, 6.45) is 0.589. The highest BCUT2D eigenvalue weighted by molar-refractivity contribution is 6.30. The number of benzene rings is 2. The van der Waals surface area contributed by atoms with Gasteiger partial charge in [0.05, 0.1) is 6.04 Å². The molecule has 1 unspecified atom stereocenters. The van der Waals surface area contributed by atoms with E-state index in [0.29, 0.717) is 16.3 Å². The minimum absolute atomic E-state index is 0.206. The first-order valence-corrected chi connectivity index (χ1v) is 8.32. The van der Waals surface area contributed by atoms with Crippen molar-refractivity contribution in [3.8, 4) is 5.75 Å². The molecule has 0 aliphatic carbocycles. The lowest BCUT2D eigenvalue weighted by Crippen LogP contribution is -2.36. The Kier molecular flexibility index (Phi) is 6.83. The van der Waals surface area contributed by atoms with Gasteiger partial charge in [-0.25, -0.2) is 0 Å². The van der Waals surface area contributed by atoms with E-state index in [4.69, 9.17) is 16.3 Å². The molecule has 1 N–H and O–H groups in total. The second-order valence-electron chi connectivity index (χ2n) is 5.53. The summed E-state index contributed by atoms with van der Waals surface area (Å²) < 4.78 is 5.43. The van der Waals surface area contributed by atoms with Crippen LogP contribution >= 0.6 is 11.6 Å². The number of aryl methyl sites for hydroxylation is 1. The fourth-order valence-corrected chi connectivity index (χ4v) is 2.45. The molecule has 2 aromatic carbocycles. The summed E-state index contributed by atoms with van der Waals surface area (Å²) in [5, 5.41) is 14.1. The quantitative estimate of drug-likeness (QED) is 0.783. The molecule has 1 amide bonds. The Hall–Kier alpha value is -2.53. The average Bonchev–Trinajstić information content (AvgIpc) is 2.60. The number of carbonyl (C=O) groups excluding carboxylic acids is 2. The van der Waals surface area contributed by atoms with Crippen molar-refractivity contribution in [2.24, 2.45) is 0 Å². The maximum Gasteiger partial charge on any atom is 0.258 e. The molecule has 2 aromatic rings. The third kappa shape index (κ3) is 6.12. The van der Waals surface area contributed by atoms with Crippen LogP contribution in [-0.2, 0) is 16.0 Å². The molecule has 2 rings (SSSR count). The van der Waals surface area contributed by atoms with Gasteiger partial charge in [0.2, 0.25) is 0 Å². The van der Waals surface area contributed by atoms with E-state index < -0.39 is 17.9 Å². The number of hydrogen-bond donors (Lipinski definition) is 1. The van der Waals surface area contributed by atoms with Gasteiger partial charge in [0.25, 0.3) is 5.91 Å². The zero-order valence-electron chi connectivity index (χ0n) is 13.8. The van der Waals surface area contributed by atoms with Crippen LogP contribution in [0.25, 0.3) is 0 Å². The number of carboxylic acids is 1. The molecule has 25 heavy (non-hydrogen) atoms. The minimum Gasteiger partial charge on any atom is -0.550 e. The van der Waals surface area contributed by atoms with Gasteiger partial charge in [-0.2, -0.15) is 0 Å². The predicted octanol–water partition coefficient (Wildman–Crippen LogP) is 2.28. The Labute approximate surface area is 151 Å². The molecule has 0 heterocycles. The highest BCUT2D eigenvalue weighted by Crippen LogP contribution is 2.19. The van der Waals surface area contributed by atoms with Gasteiger partial charge in [-0.15, -0.1) is 0 Å². The summed E-state index contributed by atoms with van der Waals surface area (Å²) in [6.45, 7) is 1.85. The standard InChI is InChI=1S/C19H20ClNO4/c1-2-13-3-9-16(10-4-13)25-12-18(22)21-17(11-19(23)24)14-5-7-15(20)8-6-14/h3-10,17H,2,11-12H2,1H3,(H,21,22)(H,23,24)/p-1. The molecule has 0 bridgehead atoms. The number of nitrogens with one attached hydrogen (secondary N) is 1. The number of hydrogen-bond acceptors (Lipinski definition) is 4. The summed E-state index contributed by atoms with van der Waals surface area (Å²) in [7, 11) is 0. The van der Waals surface area contributed by atoms with E-state index in [0.717, 1.165) is 6.42 Å². The second-order valence-corrected chi connectivity index (χ2v) is 5.97. The van der Waals surface area contributed by atoms with Crippen LogP contribution < -0.4 is 15.2 Å². The highest BCUT2D eigenvalue weighted by Gasteiger charge is 2.15. The van der Waals surface area contributed by atoms with Crippen LogP contribution in [0.3, 0.4) is 0 Å². The summed E-state index contributed by atoms with van der Waals surface area (Å²) >= 11 is 5.83. The monoisotopic (exact) mass is 360 g/mol. The van der Waals surface area contributed by atoms with Crippen molar-refractivity contribution in [1.29, 1.82) is 0 Å². The van der Waals surface area contributed by atoms with Crippen LogP contribution in [0.4, 0.5) is 0 Å². The van der Waals surface area contributed by atoms with Gasteiger partial charge < -0.3 is 20.0 Å². The number of amides is 1. The van der Waals surface area contributed by atoms with E-state index in [1.165, 1.54) is 5.56 Å². The molecule has 0 saturated heterocycles. The summed E-state index contributed by atoms with van der Waals surface area (Å²) in [6, 6.07) is 13.4. The van der Waals surface area contributed by atoms with E-state index in [1.807, 2.05) is 12.1 Å². The minimum atomic E-state index is -1.25. The van der Waals surface area contributed by atoms with Crippen molar-refractivity contribution in [1.82, 2.24) is 5.32 Å². The maximum atomic E-state index is 12.1. The van der Waals surface area contributed by atoms with Crippen LogP contribution in [0, 0.1) is 0 Å². The number of carbonyl (C=O) groups is 2. The zero-order valence-corrected chi connectivity index (χ0v) is 14.6. The normalized spacial score (nSPS) is 11.6. The molecular weight excluding hydrogens is 342 g/mol. The number of halogens is 1. The maximum absolute atomic E-state index is 12.1. The Morgan fingerprint density at radius 2 is 1.76 bits per heavy atom. The van der Waals surface area contributed by atoms with Crippen LogP contribution in [0.5, 0.6) is 5.75 Å². The van der Waals surface area contributed by atoms with E-state index in [9.17, 15) is 14.7 Å². The third-order valence-electron chi connectivity index (χ3n) is 3.68. The topological polar surface area (TPSA) is 78.5 Å². The van der Waals surface area contributed by atoms with E-state index in [-0.39, 0.29) is 13.0 Å². The van der Waals surface area contributed by atoms with Crippen molar-refractivity contribution >= 4 is 23.5 Å². The lowest BCUT2D eigenvalue weighted by molar-refractivity contribution is -0.306. The number of rotatable bonds is 8. The highest BCUT2D eigenvalue weighted by atomic mass is 35.5. The summed E-state index contributed by atoms with van der Waals surface area (Å²) in [5.41, 5.74) is 1.81. The fourth-order valence-electron chi connectivity index (χ4n) is 2.32. The lowest BCUT2D eigenvalue weighted by atomic mass is 10.0. The zero-order chi connectivity index (χ0) is 18.2. The van der Waals surface area contributed by atoms with Gasteiger partial charge >= 0.3 is 0 Å². The first-order chi connectivity index (χ1) is 12.0. The van der Waals surface area contributed by atoms with Crippen molar-refractivity contribution in [2.45, 2.75) is 25.8 Å². The van der Waals surface area contributed by atoms with Crippen molar-refractivity contribution in [3.05, 3.63) is 64.7 Å². The Balaban J connectivity index is 1.96. The Bertz CT molecular complexity index is 713. The number of aliphatic carboxylic acids is 1. The third-order valence-corrected chi connectivity index (χ3v) is 3.93. The molecule has 0 radical (unpaired) electrons. The van der Waals surface area contributed by atoms with Crippen molar-refractivity contribution < 1.29 is 19.4 Å². The van der Waals surface area contributed by atoms with Gasteiger partial charge in [-0.3, -0.25) is 4.79 Å². The van der Waals surface area contributed by atoms with Crippen LogP contribution in [0.15, 0.2) is 48.5 Å². The molecule has 0 spiro atoms. The van der Waals surface area contributed by atoms with Gasteiger partial charge in [0.1, 0.15) is 5.75 Å². The van der Waals surface area contributed by atoms with E-state index >= 15 is 0 Å². The predicted molar refractivity (Wildman–Crippen MR) is 93.3 cm³/mol. The lowest BCUT2D eigenvalue weighted by Gasteiger charge is -2.20. The molecule has 5 nitrogen and oxygen atoms in total. The molecule has 0 fully saturated rings. The van der Waals surface area contributed by atoms with E-state index in [2.05, 4.69) is 12.2 Å². The van der Waals surface area contributed by atoms with Crippen LogP contribution in [-0.4, -0.2) is 18.5 Å². The first kappa shape index (κ1) is 18.8. The van der Waals surface area contributed by atoms with Crippen LogP contribution in [0.2, 0.25) is 5.02 Å².